The highest BCUT2D eigenvalue weighted by Crippen LogP contribution is 2.22. The smallest absolute Gasteiger partial charge is 0.0541 e. The van der Waals surface area contributed by atoms with Crippen LogP contribution in [0.2, 0.25) is 0 Å². The van der Waals surface area contributed by atoms with Gasteiger partial charge in [-0.1, -0.05) is 0 Å². The summed E-state index contributed by atoms with van der Waals surface area (Å²) in [6.07, 6.45) is 7.38. The molecule has 0 radical (unpaired) electrons. The van der Waals surface area contributed by atoms with Gasteiger partial charge in [0.05, 0.1) is 18.0 Å². The van der Waals surface area contributed by atoms with E-state index in [0.717, 1.165) is 35.8 Å². The molecule has 1 aliphatic carbocycles. The number of anilines is 1. The second-order valence-corrected chi connectivity index (χ2v) is 4.96. The van der Waals surface area contributed by atoms with Crippen molar-refractivity contribution in [2.24, 2.45) is 0 Å². The van der Waals surface area contributed by atoms with E-state index >= 15 is 0 Å². The minimum Gasteiger partial charge on any atom is -0.393 e. The molecule has 82 valence electrons. The molecule has 1 saturated carbocycles. The standard InChI is InChI=1S/C11H15BrN2O/c12-8-5-10(7-13-6-8)14-9-1-3-11(15)4-2-9/h5-7,9,11,14-15H,1-4H2. The van der Waals surface area contributed by atoms with Gasteiger partial charge in [-0.25, -0.2) is 0 Å². The second kappa shape index (κ2) is 4.94. The molecule has 1 aromatic heterocycles. The topological polar surface area (TPSA) is 45.1 Å². The van der Waals surface area contributed by atoms with E-state index in [1.807, 2.05) is 12.3 Å². The number of pyridine rings is 1. The maximum Gasteiger partial charge on any atom is 0.0541 e. The van der Waals surface area contributed by atoms with Crippen LogP contribution in [0.1, 0.15) is 25.7 Å². The van der Waals surface area contributed by atoms with Crippen molar-refractivity contribution in [1.82, 2.24) is 4.98 Å². The number of aliphatic hydroxyl groups excluding tert-OH is 1. The maximum atomic E-state index is 9.39. The van der Waals surface area contributed by atoms with Crippen molar-refractivity contribution in [1.29, 1.82) is 0 Å². The van der Waals surface area contributed by atoms with Crippen LogP contribution in [0.5, 0.6) is 0 Å². The van der Waals surface area contributed by atoms with Gasteiger partial charge in [0.15, 0.2) is 0 Å². The summed E-state index contributed by atoms with van der Waals surface area (Å²) in [6, 6.07) is 2.50. The van der Waals surface area contributed by atoms with Gasteiger partial charge in [0.1, 0.15) is 0 Å². The summed E-state index contributed by atoms with van der Waals surface area (Å²) in [5.74, 6) is 0. The Kier molecular flexibility index (Phi) is 3.59. The Hall–Kier alpha value is -0.610. The Morgan fingerprint density at radius 3 is 2.67 bits per heavy atom. The van der Waals surface area contributed by atoms with Gasteiger partial charge >= 0.3 is 0 Å². The number of nitrogens with one attached hydrogen (secondary N) is 1. The van der Waals surface area contributed by atoms with Crippen LogP contribution in [0.4, 0.5) is 5.69 Å². The molecule has 2 N–H and O–H groups in total. The maximum absolute atomic E-state index is 9.39. The molecule has 0 aliphatic heterocycles. The number of hydrogen-bond acceptors (Lipinski definition) is 3. The Morgan fingerprint density at radius 2 is 2.00 bits per heavy atom. The number of halogens is 1. The van der Waals surface area contributed by atoms with Crippen molar-refractivity contribution in [2.45, 2.75) is 37.8 Å². The molecule has 1 heterocycles. The van der Waals surface area contributed by atoms with Crippen molar-refractivity contribution >= 4 is 21.6 Å². The van der Waals surface area contributed by atoms with Gasteiger partial charge in [0, 0.05) is 16.7 Å². The van der Waals surface area contributed by atoms with E-state index in [4.69, 9.17) is 0 Å². The number of hydrogen-bond donors (Lipinski definition) is 2. The first kappa shape index (κ1) is 10.9. The zero-order valence-corrected chi connectivity index (χ0v) is 10.1. The largest absolute Gasteiger partial charge is 0.393 e. The first-order valence-electron chi connectivity index (χ1n) is 5.29. The molecule has 4 heteroatoms. The summed E-state index contributed by atoms with van der Waals surface area (Å²) in [4.78, 5) is 4.11. The van der Waals surface area contributed by atoms with Crippen LogP contribution in [0, 0.1) is 0 Å². The molecule has 0 atom stereocenters. The Bertz CT molecular complexity index is 324. The SMILES string of the molecule is OC1CCC(Nc2cncc(Br)c2)CC1. The fourth-order valence-corrected chi connectivity index (χ4v) is 2.31. The summed E-state index contributed by atoms with van der Waals surface area (Å²) in [5.41, 5.74) is 1.05. The molecule has 0 unspecified atom stereocenters. The van der Waals surface area contributed by atoms with Crippen LogP contribution in [0.3, 0.4) is 0 Å². The number of nitrogens with zero attached hydrogens (tertiary/aromatic N) is 1. The highest BCUT2D eigenvalue weighted by Gasteiger charge is 2.18. The molecule has 0 spiro atoms. The molecule has 1 aromatic rings. The summed E-state index contributed by atoms with van der Waals surface area (Å²) in [5, 5.41) is 12.8. The van der Waals surface area contributed by atoms with Crippen LogP contribution in [-0.4, -0.2) is 22.2 Å². The Balaban J connectivity index is 1.92. The molecule has 0 amide bonds. The summed E-state index contributed by atoms with van der Waals surface area (Å²) >= 11 is 3.39. The first-order valence-corrected chi connectivity index (χ1v) is 6.08. The Labute approximate surface area is 98.0 Å². The van der Waals surface area contributed by atoms with E-state index in [2.05, 4.69) is 26.2 Å². The fraction of sp³-hybridized carbons (Fsp3) is 0.545. The highest BCUT2D eigenvalue weighted by atomic mass is 79.9. The van der Waals surface area contributed by atoms with Gasteiger partial charge < -0.3 is 10.4 Å². The lowest BCUT2D eigenvalue weighted by Crippen LogP contribution is -2.28. The summed E-state index contributed by atoms with van der Waals surface area (Å²) < 4.78 is 0.989. The molecule has 1 aliphatic rings. The Morgan fingerprint density at radius 1 is 1.27 bits per heavy atom. The second-order valence-electron chi connectivity index (χ2n) is 4.04. The van der Waals surface area contributed by atoms with E-state index in [-0.39, 0.29) is 6.10 Å². The molecule has 15 heavy (non-hydrogen) atoms. The lowest BCUT2D eigenvalue weighted by molar-refractivity contribution is 0.126. The van der Waals surface area contributed by atoms with Crippen LogP contribution in [-0.2, 0) is 0 Å². The lowest BCUT2D eigenvalue weighted by atomic mass is 9.93. The molecule has 3 nitrogen and oxygen atoms in total. The van der Waals surface area contributed by atoms with Crippen LogP contribution in [0.25, 0.3) is 0 Å². The molecule has 0 bridgehead atoms. The van der Waals surface area contributed by atoms with E-state index in [9.17, 15) is 5.11 Å². The number of rotatable bonds is 2. The predicted octanol–water partition coefficient (Wildman–Crippen LogP) is 2.56. The van der Waals surface area contributed by atoms with Crippen molar-refractivity contribution < 1.29 is 5.11 Å². The molecule has 0 saturated heterocycles. The first-order chi connectivity index (χ1) is 7.24. The van der Waals surface area contributed by atoms with Gasteiger partial charge in [-0.3, -0.25) is 4.98 Å². The third kappa shape index (κ3) is 3.18. The fourth-order valence-electron chi connectivity index (χ4n) is 1.95. The molecule has 2 rings (SSSR count). The average Bonchev–Trinajstić information content (AvgIpc) is 2.22. The van der Waals surface area contributed by atoms with Crippen LogP contribution >= 0.6 is 15.9 Å². The van der Waals surface area contributed by atoms with Gasteiger partial charge in [0.25, 0.3) is 0 Å². The van der Waals surface area contributed by atoms with E-state index in [1.54, 1.807) is 6.20 Å². The van der Waals surface area contributed by atoms with E-state index < -0.39 is 0 Å². The quantitative estimate of drug-likeness (QED) is 0.869. The molecular formula is C11H15BrN2O. The summed E-state index contributed by atoms with van der Waals surface area (Å²) in [7, 11) is 0. The van der Waals surface area contributed by atoms with Crippen molar-refractivity contribution in [3.63, 3.8) is 0 Å². The van der Waals surface area contributed by atoms with Gasteiger partial charge in [-0.2, -0.15) is 0 Å². The normalized spacial score (nSPS) is 26.3. The number of aliphatic hydroxyl groups is 1. The van der Waals surface area contributed by atoms with Gasteiger partial charge in [-0.05, 0) is 47.7 Å². The average molecular weight is 271 g/mol. The van der Waals surface area contributed by atoms with E-state index in [1.165, 1.54) is 0 Å². The van der Waals surface area contributed by atoms with Crippen molar-refractivity contribution in [2.75, 3.05) is 5.32 Å². The van der Waals surface area contributed by atoms with Crippen LogP contribution in [0.15, 0.2) is 22.9 Å². The van der Waals surface area contributed by atoms with Crippen LogP contribution < -0.4 is 5.32 Å². The minimum atomic E-state index is -0.0938. The highest BCUT2D eigenvalue weighted by molar-refractivity contribution is 9.10. The zero-order valence-electron chi connectivity index (χ0n) is 8.49. The third-order valence-corrected chi connectivity index (χ3v) is 3.21. The predicted molar refractivity (Wildman–Crippen MR) is 63.8 cm³/mol. The van der Waals surface area contributed by atoms with Crippen molar-refractivity contribution in [3.05, 3.63) is 22.9 Å². The molecular weight excluding hydrogens is 256 g/mol. The monoisotopic (exact) mass is 270 g/mol. The zero-order chi connectivity index (χ0) is 10.7. The minimum absolute atomic E-state index is 0.0938. The third-order valence-electron chi connectivity index (χ3n) is 2.77. The van der Waals surface area contributed by atoms with Gasteiger partial charge in [-0.15, -0.1) is 0 Å². The van der Waals surface area contributed by atoms with Crippen molar-refractivity contribution in [3.8, 4) is 0 Å². The number of aromatic nitrogens is 1. The molecule has 1 fully saturated rings. The lowest BCUT2D eigenvalue weighted by Gasteiger charge is -2.26. The van der Waals surface area contributed by atoms with Gasteiger partial charge in [0.2, 0.25) is 0 Å². The van der Waals surface area contributed by atoms with E-state index in [0.29, 0.717) is 6.04 Å². The molecule has 0 aromatic carbocycles. The summed E-state index contributed by atoms with van der Waals surface area (Å²) in [6.45, 7) is 0.